The minimum atomic E-state index is 0. The SMILES string of the molecule is Cl.Cl.NC(=Nc1ccc(OCCCCCOc2ccc(N=C(N)c3ccccc3)cc2)cc1)c1ccccc1. The van der Waals surface area contributed by atoms with Crippen LogP contribution in [0, 0.1) is 0 Å². The summed E-state index contributed by atoms with van der Waals surface area (Å²) < 4.78 is 11.7. The average Bonchev–Trinajstić information content (AvgIpc) is 2.95. The van der Waals surface area contributed by atoms with Gasteiger partial charge in [0.2, 0.25) is 0 Å². The first-order valence-electron chi connectivity index (χ1n) is 12.4. The molecule has 39 heavy (non-hydrogen) atoms. The van der Waals surface area contributed by atoms with Gasteiger partial charge >= 0.3 is 0 Å². The maximum atomic E-state index is 6.08. The lowest BCUT2D eigenvalue weighted by molar-refractivity contribution is 0.279. The number of ether oxygens (including phenoxy) is 2. The van der Waals surface area contributed by atoms with Gasteiger partial charge in [-0.1, -0.05) is 60.7 Å². The molecule has 6 nitrogen and oxygen atoms in total. The lowest BCUT2D eigenvalue weighted by atomic mass is 10.2. The first kappa shape index (κ1) is 31.2. The zero-order valence-corrected chi connectivity index (χ0v) is 23.2. The molecular weight excluding hydrogens is 531 g/mol. The summed E-state index contributed by atoms with van der Waals surface area (Å²) in [6.45, 7) is 1.31. The summed E-state index contributed by atoms with van der Waals surface area (Å²) in [5.41, 5.74) is 15.6. The Morgan fingerprint density at radius 2 is 0.846 bits per heavy atom. The normalized spacial score (nSPS) is 11.2. The Hall–Kier alpha value is -4.00. The molecule has 0 radical (unpaired) electrons. The van der Waals surface area contributed by atoms with Gasteiger partial charge in [0, 0.05) is 11.1 Å². The van der Waals surface area contributed by atoms with Crippen molar-refractivity contribution < 1.29 is 9.47 Å². The Labute approximate surface area is 242 Å². The summed E-state index contributed by atoms with van der Waals surface area (Å²) in [7, 11) is 0. The number of halogens is 2. The molecule has 4 aromatic carbocycles. The van der Waals surface area contributed by atoms with E-state index in [0.29, 0.717) is 24.9 Å². The minimum Gasteiger partial charge on any atom is -0.494 e. The molecule has 204 valence electrons. The van der Waals surface area contributed by atoms with E-state index in [1.165, 1.54) is 0 Å². The van der Waals surface area contributed by atoms with Crippen LogP contribution in [0.2, 0.25) is 0 Å². The minimum absolute atomic E-state index is 0. The molecule has 0 saturated heterocycles. The first-order chi connectivity index (χ1) is 18.2. The number of hydrogen-bond acceptors (Lipinski definition) is 4. The second kappa shape index (κ2) is 16.8. The van der Waals surface area contributed by atoms with Crippen LogP contribution < -0.4 is 20.9 Å². The van der Waals surface area contributed by atoms with Crippen molar-refractivity contribution in [1.82, 2.24) is 0 Å². The molecule has 0 amide bonds. The molecule has 4 aromatic rings. The van der Waals surface area contributed by atoms with E-state index in [2.05, 4.69) is 9.98 Å². The topological polar surface area (TPSA) is 95.2 Å². The van der Waals surface area contributed by atoms with Crippen LogP contribution in [0.5, 0.6) is 11.5 Å². The molecule has 0 aromatic heterocycles. The standard InChI is InChI=1S/C31H32N4O2.2ClH/c32-30(24-10-4-1-5-11-24)34-26-14-18-28(19-15-26)36-22-8-3-9-23-37-29-20-16-27(17-21-29)35-31(33)25-12-6-2-7-13-25;;/h1-2,4-7,10-21H,3,8-9,22-23H2,(H2,32,34)(H2,33,35);2*1H. The van der Waals surface area contributed by atoms with Gasteiger partial charge in [-0.3, -0.25) is 0 Å². The fourth-order valence-corrected chi connectivity index (χ4v) is 3.62. The molecule has 0 aliphatic carbocycles. The van der Waals surface area contributed by atoms with Gasteiger partial charge in [-0.2, -0.15) is 0 Å². The fourth-order valence-electron chi connectivity index (χ4n) is 3.62. The van der Waals surface area contributed by atoms with Crippen LogP contribution in [0.4, 0.5) is 11.4 Å². The van der Waals surface area contributed by atoms with Gasteiger partial charge in [0.15, 0.2) is 0 Å². The Bertz CT molecular complexity index is 1200. The van der Waals surface area contributed by atoms with Crippen LogP contribution in [0.15, 0.2) is 119 Å². The molecule has 0 saturated carbocycles. The highest BCUT2D eigenvalue weighted by Gasteiger charge is 2.01. The van der Waals surface area contributed by atoms with Crippen molar-refractivity contribution in [3.05, 3.63) is 120 Å². The molecule has 0 unspecified atom stereocenters. The predicted octanol–water partition coefficient (Wildman–Crippen LogP) is 7.23. The van der Waals surface area contributed by atoms with Crippen LogP contribution in [0.25, 0.3) is 0 Å². The summed E-state index contributed by atoms with van der Waals surface area (Å²) in [4.78, 5) is 8.94. The van der Waals surface area contributed by atoms with Crippen LogP contribution in [0.3, 0.4) is 0 Å². The van der Waals surface area contributed by atoms with E-state index in [-0.39, 0.29) is 24.8 Å². The Morgan fingerprint density at radius 1 is 0.487 bits per heavy atom. The smallest absolute Gasteiger partial charge is 0.131 e. The van der Waals surface area contributed by atoms with Crippen molar-refractivity contribution in [3.8, 4) is 11.5 Å². The van der Waals surface area contributed by atoms with Crippen LogP contribution in [-0.2, 0) is 0 Å². The third-order valence-electron chi connectivity index (χ3n) is 5.64. The molecule has 0 aliphatic rings. The number of aliphatic imine (C=N–C) groups is 2. The summed E-state index contributed by atoms with van der Waals surface area (Å²) in [5, 5.41) is 0. The third kappa shape index (κ3) is 10.3. The molecule has 0 aliphatic heterocycles. The summed E-state index contributed by atoms with van der Waals surface area (Å²) in [5.74, 6) is 2.63. The molecule has 4 N–H and O–H groups in total. The van der Waals surface area contributed by atoms with E-state index >= 15 is 0 Å². The van der Waals surface area contributed by atoms with Crippen molar-refractivity contribution in [2.45, 2.75) is 19.3 Å². The van der Waals surface area contributed by atoms with Gasteiger partial charge in [0.05, 0.1) is 24.6 Å². The number of nitrogens with zero attached hydrogens (tertiary/aromatic N) is 2. The highest BCUT2D eigenvalue weighted by molar-refractivity contribution is 5.99. The van der Waals surface area contributed by atoms with Crippen LogP contribution in [-0.4, -0.2) is 24.9 Å². The molecular formula is C31H34Cl2N4O2. The maximum Gasteiger partial charge on any atom is 0.131 e. The average molecular weight is 566 g/mol. The highest BCUT2D eigenvalue weighted by Crippen LogP contribution is 2.20. The van der Waals surface area contributed by atoms with Crippen molar-refractivity contribution in [1.29, 1.82) is 0 Å². The summed E-state index contributed by atoms with van der Waals surface area (Å²) >= 11 is 0. The van der Waals surface area contributed by atoms with E-state index in [1.54, 1.807) is 0 Å². The van der Waals surface area contributed by atoms with Gasteiger partial charge in [0.1, 0.15) is 23.2 Å². The maximum absolute atomic E-state index is 6.08. The van der Waals surface area contributed by atoms with Gasteiger partial charge in [-0.15, -0.1) is 24.8 Å². The summed E-state index contributed by atoms with van der Waals surface area (Å²) in [6.07, 6.45) is 2.93. The van der Waals surface area contributed by atoms with Crippen LogP contribution >= 0.6 is 24.8 Å². The molecule has 0 bridgehead atoms. The zero-order valence-electron chi connectivity index (χ0n) is 21.6. The summed E-state index contributed by atoms with van der Waals surface area (Å²) in [6, 6.07) is 34.8. The number of rotatable bonds is 12. The van der Waals surface area contributed by atoms with Gasteiger partial charge in [0.25, 0.3) is 0 Å². The number of unbranched alkanes of at least 4 members (excludes halogenated alkanes) is 2. The third-order valence-corrected chi connectivity index (χ3v) is 5.64. The van der Waals surface area contributed by atoms with E-state index in [0.717, 1.165) is 53.3 Å². The lowest BCUT2D eigenvalue weighted by Gasteiger charge is -2.08. The quantitative estimate of drug-likeness (QED) is 0.108. The molecule has 0 atom stereocenters. The lowest BCUT2D eigenvalue weighted by Crippen LogP contribution is -2.12. The highest BCUT2D eigenvalue weighted by atomic mass is 35.5. The molecule has 4 rings (SSSR count). The van der Waals surface area contributed by atoms with Crippen molar-refractivity contribution >= 4 is 47.9 Å². The van der Waals surface area contributed by atoms with Crippen LogP contribution in [0.1, 0.15) is 30.4 Å². The molecule has 0 heterocycles. The molecule has 0 fully saturated rings. The monoisotopic (exact) mass is 564 g/mol. The van der Waals surface area contributed by atoms with Gasteiger partial charge in [-0.05, 0) is 67.8 Å². The second-order valence-corrected chi connectivity index (χ2v) is 8.47. The van der Waals surface area contributed by atoms with Crippen molar-refractivity contribution in [2.75, 3.05) is 13.2 Å². The van der Waals surface area contributed by atoms with Crippen molar-refractivity contribution in [3.63, 3.8) is 0 Å². The van der Waals surface area contributed by atoms with Gasteiger partial charge in [-0.25, -0.2) is 9.98 Å². The van der Waals surface area contributed by atoms with E-state index in [9.17, 15) is 0 Å². The number of amidine groups is 2. The van der Waals surface area contributed by atoms with E-state index in [1.807, 2.05) is 109 Å². The zero-order chi connectivity index (χ0) is 25.7. The Balaban J connectivity index is 0.00000267. The Morgan fingerprint density at radius 3 is 1.21 bits per heavy atom. The number of hydrogen-bond donors (Lipinski definition) is 2. The number of nitrogens with two attached hydrogens (primary N) is 2. The number of benzene rings is 4. The van der Waals surface area contributed by atoms with E-state index in [4.69, 9.17) is 20.9 Å². The first-order valence-corrected chi connectivity index (χ1v) is 12.4. The molecule has 8 heteroatoms. The van der Waals surface area contributed by atoms with E-state index < -0.39 is 0 Å². The van der Waals surface area contributed by atoms with Gasteiger partial charge < -0.3 is 20.9 Å². The molecule has 0 spiro atoms. The Kier molecular flexibility index (Phi) is 13.4. The predicted molar refractivity (Wildman–Crippen MR) is 166 cm³/mol. The second-order valence-electron chi connectivity index (χ2n) is 8.47. The van der Waals surface area contributed by atoms with Crippen molar-refractivity contribution in [2.24, 2.45) is 21.5 Å². The fraction of sp³-hybridized carbons (Fsp3) is 0.161. The largest absolute Gasteiger partial charge is 0.494 e.